The highest BCUT2D eigenvalue weighted by atomic mass is 16.5. The van der Waals surface area contributed by atoms with Gasteiger partial charge in [-0.05, 0) is 54.4 Å². The van der Waals surface area contributed by atoms with Gasteiger partial charge in [0.15, 0.2) is 16.9 Å². The molecule has 32 heavy (non-hydrogen) atoms. The Morgan fingerprint density at radius 1 is 1.09 bits per heavy atom. The number of para-hydroxylation sites is 1. The van der Waals surface area contributed by atoms with Gasteiger partial charge in [-0.3, -0.25) is 14.6 Å². The molecule has 1 aliphatic rings. The minimum absolute atomic E-state index is 0.00798. The third-order valence-electron chi connectivity index (χ3n) is 5.57. The number of benzene rings is 2. The number of rotatable bonds is 5. The third-order valence-corrected chi connectivity index (χ3v) is 5.57. The predicted molar refractivity (Wildman–Crippen MR) is 118 cm³/mol. The van der Waals surface area contributed by atoms with Crippen LogP contribution in [0.3, 0.4) is 0 Å². The van der Waals surface area contributed by atoms with Crippen LogP contribution in [-0.2, 0) is 6.54 Å². The first-order valence-electron chi connectivity index (χ1n) is 10.3. The van der Waals surface area contributed by atoms with Crippen LogP contribution in [0.15, 0.2) is 76.2 Å². The van der Waals surface area contributed by atoms with Crippen LogP contribution in [0.2, 0.25) is 0 Å². The number of hydrogen-bond donors (Lipinski definition) is 1. The molecular formula is C25H20N2O5. The van der Waals surface area contributed by atoms with Gasteiger partial charge >= 0.3 is 0 Å². The molecule has 0 fully saturated rings. The Balaban J connectivity index is 1.72. The lowest BCUT2D eigenvalue weighted by atomic mass is 9.98. The fraction of sp³-hybridized carbons (Fsp3) is 0.160. The van der Waals surface area contributed by atoms with Crippen LogP contribution in [0, 0.1) is 0 Å². The number of phenols is 1. The molecule has 1 N–H and O–H groups in total. The monoisotopic (exact) mass is 428 g/mol. The van der Waals surface area contributed by atoms with Crippen molar-refractivity contribution in [3.8, 4) is 11.5 Å². The first-order chi connectivity index (χ1) is 15.6. The molecule has 2 aromatic carbocycles. The average molecular weight is 428 g/mol. The van der Waals surface area contributed by atoms with E-state index in [1.807, 2.05) is 19.1 Å². The SMILES string of the molecule is CCOc1cc([C@H]2c3c(oc4ccccc4c3=O)C(=O)N2Cc2ccncc2)ccc1O. The molecule has 1 atom stereocenters. The van der Waals surface area contributed by atoms with E-state index in [-0.39, 0.29) is 35.0 Å². The van der Waals surface area contributed by atoms with Crippen LogP contribution < -0.4 is 10.2 Å². The molecule has 7 heteroatoms. The van der Waals surface area contributed by atoms with E-state index >= 15 is 0 Å². The van der Waals surface area contributed by atoms with Crippen molar-refractivity contribution < 1.29 is 19.1 Å². The number of fused-ring (bicyclic) bond motifs is 2. The second-order valence-corrected chi connectivity index (χ2v) is 7.52. The normalized spacial score (nSPS) is 15.2. The molecule has 0 radical (unpaired) electrons. The van der Waals surface area contributed by atoms with Gasteiger partial charge in [0, 0.05) is 18.9 Å². The van der Waals surface area contributed by atoms with Gasteiger partial charge in [-0.1, -0.05) is 18.2 Å². The van der Waals surface area contributed by atoms with Gasteiger partial charge in [-0.25, -0.2) is 0 Å². The zero-order chi connectivity index (χ0) is 22.2. The Labute approximate surface area is 183 Å². The molecule has 5 rings (SSSR count). The van der Waals surface area contributed by atoms with Crippen LogP contribution in [0.5, 0.6) is 11.5 Å². The molecule has 3 heterocycles. The fourth-order valence-corrected chi connectivity index (χ4v) is 4.13. The topological polar surface area (TPSA) is 92.9 Å². The summed E-state index contributed by atoms with van der Waals surface area (Å²) >= 11 is 0. The highest BCUT2D eigenvalue weighted by molar-refractivity contribution is 5.99. The number of pyridine rings is 1. The van der Waals surface area contributed by atoms with E-state index in [2.05, 4.69) is 4.98 Å². The molecular weight excluding hydrogens is 408 g/mol. The molecule has 0 bridgehead atoms. The maximum Gasteiger partial charge on any atom is 0.291 e. The predicted octanol–water partition coefficient (Wildman–Crippen LogP) is 4.04. The number of hydrogen-bond acceptors (Lipinski definition) is 6. The van der Waals surface area contributed by atoms with Gasteiger partial charge in [-0.15, -0.1) is 0 Å². The summed E-state index contributed by atoms with van der Waals surface area (Å²) in [5, 5.41) is 10.6. The van der Waals surface area contributed by atoms with E-state index in [1.165, 1.54) is 6.07 Å². The van der Waals surface area contributed by atoms with Gasteiger partial charge in [-0.2, -0.15) is 0 Å². The lowest BCUT2D eigenvalue weighted by Crippen LogP contribution is -2.29. The maximum atomic E-state index is 13.5. The first-order valence-corrected chi connectivity index (χ1v) is 10.3. The molecule has 160 valence electrons. The first kappa shape index (κ1) is 19.8. The van der Waals surface area contributed by atoms with Crippen LogP contribution in [0.4, 0.5) is 0 Å². The third kappa shape index (κ3) is 3.19. The summed E-state index contributed by atoms with van der Waals surface area (Å²) in [7, 11) is 0. The lowest BCUT2D eigenvalue weighted by molar-refractivity contribution is 0.0714. The van der Waals surface area contributed by atoms with E-state index in [4.69, 9.17) is 9.15 Å². The number of amides is 1. The lowest BCUT2D eigenvalue weighted by Gasteiger charge is -2.25. The van der Waals surface area contributed by atoms with Gasteiger partial charge in [0.2, 0.25) is 5.76 Å². The van der Waals surface area contributed by atoms with Crippen molar-refractivity contribution in [3.63, 3.8) is 0 Å². The zero-order valence-corrected chi connectivity index (χ0v) is 17.3. The van der Waals surface area contributed by atoms with Crippen LogP contribution >= 0.6 is 0 Å². The summed E-state index contributed by atoms with van der Waals surface area (Å²) in [5.74, 6) is -0.0409. The van der Waals surface area contributed by atoms with Crippen LogP contribution in [0.25, 0.3) is 11.0 Å². The Bertz CT molecular complexity index is 1380. The largest absolute Gasteiger partial charge is 0.504 e. The van der Waals surface area contributed by atoms with E-state index in [1.54, 1.807) is 53.7 Å². The van der Waals surface area contributed by atoms with Crippen molar-refractivity contribution in [3.05, 3.63) is 99.7 Å². The summed E-state index contributed by atoms with van der Waals surface area (Å²) in [6.07, 6.45) is 3.31. The molecule has 4 aromatic rings. The molecule has 0 aliphatic carbocycles. The van der Waals surface area contributed by atoms with Crippen molar-refractivity contribution in [2.75, 3.05) is 6.61 Å². The van der Waals surface area contributed by atoms with E-state index in [9.17, 15) is 14.7 Å². The van der Waals surface area contributed by atoms with Gasteiger partial charge in [0.1, 0.15) is 5.58 Å². The standard InChI is InChI=1S/C25H20N2O5/c1-2-31-20-13-16(7-8-18(20)28)22-21-23(29)17-5-3-4-6-19(17)32-24(21)25(30)27(22)14-15-9-11-26-12-10-15/h3-13,22,28H,2,14H2,1H3/t22-/m0/s1. The summed E-state index contributed by atoms with van der Waals surface area (Å²) in [4.78, 5) is 32.6. The van der Waals surface area contributed by atoms with Crippen LogP contribution in [-0.4, -0.2) is 27.5 Å². The van der Waals surface area contributed by atoms with Crippen molar-refractivity contribution >= 4 is 16.9 Å². The number of nitrogens with zero attached hydrogens (tertiary/aromatic N) is 2. The number of phenolic OH excluding ortho intramolecular Hbond substituents is 1. The second-order valence-electron chi connectivity index (χ2n) is 7.52. The highest BCUT2D eigenvalue weighted by Gasteiger charge is 2.43. The second kappa shape index (κ2) is 7.85. The maximum absolute atomic E-state index is 13.5. The Morgan fingerprint density at radius 3 is 2.66 bits per heavy atom. The number of carbonyl (C=O) groups excluding carboxylic acids is 1. The van der Waals surface area contributed by atoms with Gasteiger partial charge in [0.05, 0.1) is 23.6 Å². The van der Waals surface area contributed by atoms with E-state index in [0.29, 0.717) is 28.9 Å². The summed E-state index contributed by atoms with van der Waals surface area (Å²) < 4.78 is 11.5. The number of aromatic nitrogens is 1. The summed E-state index contributed by atoms with van der Waals surface area (Å²) in [6, 6.07) is 14.7. The van der Waals surface area contributed by atoms with Gasteiger partial charge in [0.25, 0.3) is 5.91 Å². The molecule has 0 saturated heterocycles. The van der Waals surface area contributed by atoms with Crippen LogP contribution in [0.1, 0.15) is 40.2 Å². The van der Waals surface area contributed by atoms with E-state index in [0.717, 1.165) is 5.56 Å². The fourth-order valence-electron chi connectivity index (χ4n) is 4.13. The van der Waals surface area contributed by atoms with Crippen molar-refractivity contribution in [1.82, 2.24) is 9.88 Å². The average Bonchev–Trinajstić information content (AvgIpc) is 3.08. The van der Waals surface area contributed by atoms with Crippen molar-refractivity contribution in [2.45, 2.75) is 19.5 Å². The molecule has 2 aromatic heterocycles. The Kier molecular flexibility index (Phi) is 4.86. The summed E-state index contributed by atoms with van der Waals surface area (Å²) in [5.41, 5.74) is 1.93. The molecule has 1 aliphatic heterocycles. The smallest absolute Gasteiger partial charge is 0.291 e. The minimum Gasteiger partial charge on any atom is -0.504 e. The Morgan fingerprint density at radius 2 is 1.88 bits per heavy atom. The number of aromatic hydroxyl groups is 1. The quantitative estimate of drug-likeness (QED) is 0.516. The molecule has 1 amide bonds. The molecule has 0 saturated carbocycles. The van der Waals surface area contributed by atoms with Gasteiger partial charge < -0.3 is 19.2 Å². The molecule has 0 spiro atoms. The zero-order valence-electron chi connectivity index (χ0n) is 17.3. The van der Waals surface area contributed by atoms with E-state index < -0.39 is 6.04 Å². The minimum atomic E-state index is -0.689. The Hall–Kier alpha value is -4.13. The summed E-state index contributed by atoms with van der Waals surface area (Å²) in [6.45, 7) is 2.44. The molecule has 7 nitrogen and oxygen atoms in total. The van der Waals surface area contributed by atoms with Crippen molar-refractivity contribution in [2.24, 2.45) is 0 Å². The van der Waals surface area contributed by atoms with Crippen molar-refractivity contribution in [1.29, 1.82) is 0 Å². The molecule has 0 unspecified atom stereocenters. The highest BCUT2D eigenvalue weighted by Crippen LogP contribution is 2.41. The number of ether oxygens (including phenoxy) is 1. The number of carbonyl (C=O) groups is 1.